The number of hydrogen-bond acceptors (Lipinski definition) is 5. The average Bonchev–Trinajstić information content (AvgIpc) is 3.15. The number of carbonyl (C=O) groups is 3. The zero-order chi connectivity index (χ0) is 25.2. The summed E-state index contributed by atoms with van der Waals surface area (Å²) in [6.45, 7) is -0.522. The van der Waals surface area contributed by atoms with Gasteiger partial charge in [0.05, 0.1) is 6.54 Å². The number of hydrogen-bond donors (Lipinski definition) is 3. The van der Waals surface area contributed by atoms with Crippen LogP contribution in [0.3, 0.4) is 0 Å². The first-order valence-electron chi connectivity index (χ1n) is 11.3. The number of carboxylic acids is 1. The van der Waals surface area contributed by atoms with E-state index in [9.17, 15) is 33.4 Å². The number of β-amino-alcohol motifs (C(OH)–C–C–N with tert-alkyl or cyclic N) is 1. The fraction of sp³-hybridized carbons (Fsp3) is 0.400. The SMILES string of the molecule is O=C(NC(CC(F)F)C(=O)N1CCCC(O)(C(=O)O)C1)OCC1c2ccccc2-c2ccccc21. The van der Waals surface area contributed by atoms with E-state index in [1.807, 2.05) is 48.5 Å². The number of alkyl halides is 2. The van der Waals surface area contributed by atoms with Crippen molar-refractivity contribution in [3.05, 3.63) is 59.7 Å². The Morgan fingerprint density at radius 3 is 2.26 bits per heavy atom. The van der Waals surface area contributed by atoms with Crippen molar-refractivity contribution < 1.29 is 38.1 Å². The quantitative estimate of drug-likeness (QED) is 0.552. The van der Waals surface area contributed by atoms with E-state index < -0.39 is 49.0 Å². The number of nitrogens with one attached hydrogen (secondary N) is 1. The highest BCUT2D eigenvalue weighted by Gasteiger charge is 2.43. The molecule has 1 heterocycles. The summed E-state index contributed by atoms with van der Waals surface area (Å²) in [7, 11) is 0. The molecule has 0 radical (unpaired) electrons. The molecule has 2 aromatic rings. The summed E-state index contributed by atoms with van der Waals surface area (Å²) in [5.74, 6) is -2.63. The lowest BCUT2D eigenvalue weighted by molar-refractivity contribution is -0.167. The highest BCUT2D eigenvalue weighted by atomic mass is 19.3. The maximum Gasteiger partial charge on any atom is 0.407 e. The number of carboxylic acid groups (broad SMARTS) is 1. The van der Waals surface area contributed by atoms with Crippen molar-refractivity contribution in [1.29, 1.82) is 0 Å². The smallest absolute Gasteiger partial charge is 0.407 e. The van der Waals surface area contributed by atoms with Gasteiger partial charge in [-0.1, -0.05) is 48.5 Å². The average molecular weight is 488 g/mol. The van der Waals surface area contributed by atoms with Gasteiger partial charge in [-0.15, -0.1) is 0 Å². The molecule has 10 heteroatoms. The van der Waals surface area contributed by atoms with Gasteiger partial charge >= 0.3 is 12.1 Å². The van der Waals surface area contributed by atoms with Crippen LogP contribution in [0.5, 0.6) is 0 Å². The lowest BCUT2D eigenvalue weighted by Crippen LogP contribution is -2.58. The van der Waals surface area contributed by atoms with E-state index in [0.29, 0.717) is 0 Å². The Kier molecular flexibility index (Phi) is 7.02. The summed E-state index contributed by atoms with van der Waals surface area (Å²) in [4.78, 5) is 37.8. The number of amides is 2. The van der Waals surface area contributed by atoms with Gasteiger partial charge in [-0.05, 0) is 35.1 Å². The maximum atomic E-state index is 13.2. The van der Waals surface area contributed by atoms with Crippen molar-refractivity contribution in [3.8, 4) is 11.1 Å². The molecule has 2 aromatic carbocycles. The van der Waals surface area contributed by atoms with Gasteiger partial charge in [0.25, 0.3) is 0 Å². The van der Waals surface area contributed by atoms with Gasteiger partial charge in [-0.2, -0.15) is 0 Å². The Bertz CT molecular complexity index is 1080. The first-order valence-corrected chi connectivity index (χ1v) is 11.3. The second kappa shape index (κ2) is 9.99. The van der Waals surface area contributed by atoms with E-state index in [2.05, 4.69) is 5.32 Å². The molecule has 2 atom stereocenters. The van der Waals surface area contributed by atoms with Gasteiger partial charge in [-0.25, -0.2) is 18.4 Å². The van der Waals surface area contributed by atoms with Crippen LogP contribution in [0.15, 0.2) is 48.5 Å². The maximum absolute atomic E-state index is 13.2. The number of aliphatic carboxylic acids is 1. The third-order valence-corrected chi connectivity index (χ3v) is 6.53. The second-order valence-electron chi connectivity index (χ2n) is 8.85. The van der Waals surface area contributed by atoms with Crippen LogP contribution >= 0.6 is 0 Å². The van der Waals surface area contributed by atoms with Crippen molar-refractivity contribution in [2.45, 2.75) is 43.2 Å². The van der Waals surface area contributed by atoms with Gasteiger partial charge in [0, 0.05) is 18.9 Å². The molecule has 2 unspecified atom stereocenters. The number of benzene rings is 2. The highest BCUT2D eigenvalue weighted by molar-refractivity contribution is 5.87. The zero-order valence-electron chi connectivity index (χ0n) is 18.8. The summed E-state index contributed by atoms with van der Waals surface area (Å²) >= 11 is 0. The number of rotatable bonds is 7. The molecule has 2 aliphatic rings. The Hall–Kier alpha value is -3.53. The topological polar surface area (TPSA) is 116 Å². The molecule has 1 fully saturated rings. The number of halogens is 2. The van der Waals surface area contributed by atoms with Gasteiger partial charge in [0.15, 0.2) is 5.60 Å². The molecule has 0 bridgehead atoms. The first kappa shape index (κ1) is 24.6. The molecule has 4 rings (SSSR count). The predicted molar refractivity (Wildman–Crippen MR) is 121 cm³/mol. The fourth-order valence-electron chi connectivity index (χ4n) is 4.80. The van der Waals surface area contributed by atoms with Crippen molar-refractivity contribution in [2.24, 2.45) is 0 Å². The normalized spacial score (nSPS) is 20.2. The molecule has 186 valence electrons. The number of aliphatic hydroxyl groups is 1. The molecule has 3 N–H and O–H groups in total. The van der Waals surface area contributed by atoms with Crippen LogP contribution in [0.1, 0.15) is 36.3 Å². The van der Waals surface area contributed by atoms with Crippen LogP contribution in [-0.2, 0) is 14.3 Å². The van der Waals surface area contributed by atoms with E-state index in [1.54, 1.807) is 0 Å². The largest absolute Gasteiger partial charge is 0.479 e. The number of likely N-dealkylation sites (tertiary alicyclic amines) is 1. The summed E-state index contributed by atoms with van der Waals surface area (Å²) in [6, 6.07) is 13.8. The van der Waals surface area contributed by atoms with Crippen LogP contribution in [0.25, 0.3) is 11.1 Å². The van der Waals surface area contributed by atoms with Gasteiger partial charge in [0.2, 0.25) is 12.3 Å². The number of piperidine rings is 1. The molecule has 1 aliphatic carbocycles. The lowest BCUT2D eigenvalue weighted by Gasteiger charge is -2.37. The zero-order valence-corrected chi connectivity index (χ0v) is 18.8. The highest BCUT2D eigenvalue weighted by Crippen LogP contribution is 2.44. The molecule has 0 saturated carbocycles. The first-order chi connectivity index (χ1) is 16.7. The Morgan fingerprint density at radius 2 is 1.69 bits per heavy atom. The van der Waals surface area contributed by atoms with Gasteiger partial charge in [-0.3, -0.25) is 4.79 Å². The van der Waals surface area contributed by atoms with Crippen LogP contribution in [0.2, 0.25) is 0 Å². The molecule has 1 saturated heterocycles. The number of carbonyl (C=O) groups excluding carboxylic acids is 2. The minimum atomic E-state index is -2.90. The molecule has 35 heavy (non-hydrogen) atoms. The second-order valence-corrected chi connectivity index (χ2v) is 8.85. The summed E-state index contributed by atoms with van der Waals surface area (Å²) in [5, 5.41) is 21.7. The fourth-order valence-corrected chi connectivity index (χ4v) is 4.80. The summed E-state index contributed by atoms with van der Waals surface area (Å²) in [6.07, 6.45) is -4.78. The molecular formula is C25H26F2N2O6. The lowest BCUT2D eigenvalue weighted by atomic mass is 9.92. The van der Waals surface area contributed by atoms with Crippen LogP contribution in [-0.4, -0.2) is 70.8 Å². The molecule has 0 spiro atoms. The van der Waals surface area contributed by atoms with E-state index in [-0.39, 0.29) is 31.9 Å². The van der Waals surface area contributed by atoms with Gasteiger partial charge < -0.3 is 25.2 Å². The van der Waals surface area contributed by atoms with Crippen LogP contribution in [0.4, 0.5) is 13.6 Å². The van der Waals surface area contributed by atoms with E-state index in [1.165, 1.54) is 0 Å². The van der Waals surface area contributed by atoms with Crippen LogP contribution in [0, 0.1) is 0 Å². The van der Waals surface area contributed by atoms with E-state index >= 15 is 0 Å². The van der Waals surface area contributed by atoms with Crippen LogP contribution < -0.4 is 5.32 Å². The number of alkyl carbamates (subject to hydrolysis) is 1. The molecule has 2 amide bonds. The van der Waals surface area contributed by atoms with E-state index in [0.717, 1.165) is 27.2 Å². The Morgan fingerprint density at radius 1 is 1.09 bits per heavy atom. The summed E-state index contributed by atoms with van der Waals surface area (Å²) < 4.78 is 31.8. The number of nitrogens with zero attached hydrogens (tertiary/aromatic N) is 1. The van der Waals surface area contributed by atoms with E-state index in [4.69, 9.17) is 4.74 Å². The minimum Gasteiger partial charge on any atom is -0.479 e. The van der Waals surface area contributed by atoms with Crippen molar-refractivity contribution >= 4 is 18.0 Å². The third kappa shape index (κ3) is 5.12. The molecule has 0 aromatic heterocycles. The number of fused-ring (bicyclic) bond motifs is 3. The molecular weight excluding hydrogens is 462 g/mol. The van der Waals surface area contributed by atoms with Gasteiger partial charge in [0.1, 0.15) is 12.6 Å². The minimum absolute atomic E-state index is 0.0576. The van der Waals surface area contributed by atoms with Crippen molar-refractivity contribution in [1.82, 2.24) is 10.2 Å². The number of ether oxygens (including phenoxy) is 1. The van der Waals surface area contributed by atoms with Crippen molar-refractivity contribution in [3.63, 3.8) is 0 Å². The standard InChI is InChI=1S/C25H26F2N2O6/c26-21(27)12-20(22(30)29-11-5-10-25(34,14-29)23(31)32)28-24(33)35-13-19-17-8-3-1-6-15(17)16-7-2-4-9-18(16)19/h1-4,6-9,19-21,34H,5,10-14H2,(H,28,33)(H,31,32). The molecule has 1 aliphatic heterocycles. The summed E-state index contributed by atoms with van der Waals surface area (Å²) in [5.41, 5.74) is 1.84. The Labute approximate surface area is 200 Å². The molecule has 8 nitrogen and oxygen atoms in total. The Balaban J connectivity index is 1.43. The predicted octanol–water partition coefficient (Wildman–Crippen LogP) is 2.99. The third-order valence-electron chi connectivity index (χ3n) is 6.53. The monoisotopic (exact) mass is 488 g/mol. The van der Waals surface area contributed by atoms with Crippen molar-refractivity contribution in [2.75, 3.05) is 19.7 Å².